The fourth-order valence-electron chi connectivity index (χ4n) is 2.84. The monoisotopic (exact) mass is 272 g/mol. The zero-order valence-corrected chi connectivity index (χ0v) is 11.8. The highest BCUT2D eigenvalue weighted by atomic mass is 16.8. The Kier molecular flexibility index (Phi) is 3.57. The number of carbonyl (C=O) groups excluding carboxylic acids is 2. The molecule has 0 spiro atoms. The van der Waals surface area contributed by atoms with Gasteiger partial charge in [0.25, 0.3) is 0 Å². The minimum atomic E-state index is -0.719. The van der Waals surface area contributed by atoms with Gasteiger partial charge < -0.3 is 18.9 Å². The van der Waals surface area contributed by atoms with Crippen LogP contribution in [0.3, 0.4) is 0 Å². The first kappa shape index (κ1) is 14.3. The van der Waals surface area contributed by atoms with Crippen LogP contribution in [0.15, 0.2) is 0 Å². The van der Waals surface area contributed by atoms with Gasteiger partial charge >= 0.3 is 11.9 Å². The van der Waals surface area contributed by atoms with Gasteiger partial charge in [0.15, 0.2) is 11.9 Å². The van der Waals surface area contributed by atoms with Crippen molar-refractivity contribution >= 4 is 11.9 Å². The lowest BCUT2D eigenvalue weighted by molar-refractivity contribution is -0.198. The number of carbonyl (C=O) groups is 2. The Labute approximate surface area is 112 Å². The molecular formula is C13H20O6. The molecular weight excluding hydrogens is 252 g/mol. The molecule has 0 bridgehead atoms. The van der Waals surface area contributed by atoms with E-state index in [1.807, 2.05) is 20.8 Å². The molecule has 6 nitrogen and oxygen atoms in total. The Hall–Kier alpha value is -1.14. The maximum absolute atomic E-state index is 11.2. The van der Waals surface area contributed by atoms with Crippen molar-refractivity contribution in [1.82, 2.24) is 0 Å². The molecule has 0 unspecified atom stereocenters. The summed E-state index contributed by atoms with van der Waals surface area (Å²) in [6.07, 6.45) is -1.81. The first-order valence-electron chi connectivity index (χ1n) is 6.41. The molecule has 19 heavy (non-hydrogen) atoms. The van der Waals surface area contributed by atoms with E-state index < -0.39 is 36.0 Å². The molecule has 0 amide bonds. The van der Waals surface area contributed by atoms with Crippen molar-refractivity contribution in [2.75, 3.05) is 0 Å². The number of hydrogen-bond acceptors (Lipinski definition) is 6. The summed E-state index contributed by atoms with van der Waals surface area (Å²) in [5.41, 5.74) is 0. The van der Waals surface area contributed by atoms with E-state index in [2.05, 4.69) is 0 Å². The molecule has 0 radical (unpaired) electrons. The van der Waals surface area contributed by atoms with Crippen molar-refractivity contribution in [3.8, 4) is 0 Å². The standard InChI is InChI=1S/C13H20O6/c1-6-9(16-7(2)14)11(17-8(3)15)12-10(6)18-13(4,5)19-12/h6,9-12H,1-5H3/t6-,9+,10-,11-,12-/m0/s1. The maximum atomic E-state index is 11.2. The van der Waals surface area contributed by atoms with Crippen LogP contribution in [-0.2, 0) is 28.5 Å². The van der Waals surface area contributed by atoms with Gasteiger partial charge in [-0.25, -0.2) is 0 Å². The topological polar surface area (TPSA) is 71.1 Å². The van der Waals surface area contributed by atoms with Gasteiger partial charge in [-0.3, -0.25) is 9.59 Å². The summed E-state index contributed by atoms with van der Waals surface area (Å²) < 4.78 is 22.1. The molecule has 1 aliphatic carbocycles. The minimum absolute atomic E-state index is 0.0972. The third-order valence-corrected chi connectivity index (χ3v) is 3.45. The highest BCUT2D eigenvalue weighted by molar-refractivity contribution is 5.67. The summed E-state index contributed by atoms with van der Waals surface area (Å²) in [6.45, 7) is 8.17. The highest BCUT2D eigenvalue weighted by Gasteiger charge is 2.60. The number of fused-ring (bicyclic) bond motifs is 1. The van der Waals surface area contributed by atoms with Crippen LogP contribution in [0.25, 0.3) is 0 Å². The summed E-state index contributed by atoms with van der Waals surface area (Å²) in [7, 11) is 0. The highest BCUT2D eigenvalue weighted by Crippen LogP contribution is 2.44. The third kappa shape index (κ3) is 2.74. The van der Waals surface area contributed by atoms with Crippen molar-refractivity contribution in [2.24, 2.45) is 5.92 Å². The Morgan fingerprint density at radius 2 is 1.42 bits per heavy atom. The molecule has 0 aromatic rings. The number of rotatable bonds is 2. The maximum Gasteiger partial charge on any atom is 0.303 e. The fraction of sp³-hybridized carbons (Fsp3) is 0.846. The quantitative estimate of drug-likeness (QED) is 0.699. The van der Waals surface area contributed by atoms with E-state index in [0.29, 0.717) is 0 Å². The second-order valence-corrected chi connectivity index (χ2v) is 5.57. The molecule has 0 N–H and O–H groups in total. The SMILES string of the molecule is CC(=O)O[C@@H]1[C@H]2OC(C)(C)O[C@H]2[C@@H](C)[C@H]1OC(C)=O. The predicted molar refractivity (Wildman–Crippen MR) is 64.1 cm³/mol. The lowest BCUT2D eigenvalue weighted by Gasteiger charge is -2.28. The normalized spacial score (nSPS) is 39.7. The van der Waals surface area contributed by atoms with Crippen LogP contribution < -0.4 is 0 Å². The number of ether oxygens (including phenoxy) is 4. The Morgan fingerprint density at radius 3 is 1.95 bits per heavy atom. The van der Waals surface area contributed by atoms with Gasteiger partial charge in [0, 0.05) is 19.8 Å². The first-order valence-corrected chi connectivity index (χ1v) is 6.41. The van der Waals surface area contributed by atoms with Crippen molar-refractivity contribution in [3.05, 3.63) is 0 Å². The molecule has 0 aromatic carbocycles. The second-order valence-electron chi connectivity index (χ2n) is 5.57. The summed E-state index contributed by atoms with van der Waals surface area (Å²) >= 11 is 0. The van der Waals surface area contributed by atoms with Gasteiger partial charge in [-0.1, -0.05) is 6.92 Å². The van der Waals surface area contributed by atoms with E-state index in [-0.39, 0.29) is 12.0 Å². The molecule has 108 valence electrons. The van der Waals surface area contributed by atoms with Crippen molar-refractivity contribution in [2.45, 2.75) is 64.8 Å². The van der Waals surface area contributed by atoms with Crippen LogP contribution in [-0.4, -0.2) is 42.1 Å². The molecule has 1 aliphatic heterocycles. The molecule has 2 fully saturated rings. The van der Waals surface area contributed by atoms with Gasteiger partial charge in [-0.15, -0.1) is 0 Å². The lowest BCUT2D eigenvalue weighted by atomic mass is 10.1. The van der Waals surface area contributed by atoms with Gasteiger partial charge in [0.05, 0.1) is 6.10 Å². The van der Waals surface area contributed by atoms with Crippen LogP contribution in [0.2, 0.25) is 0 Å². The molecule has 0 aromatic heterocycles. The Morgan fingerprint density at radius 1 is 0.947 bits per heavy atom. The average Bonchev–Trinajstić information content (AvgIpc) is 2.66. The largest absolute Gasteiger partial charge is 0.458 e. The van der Waals surface area contributed by atoms with Crippen LogP contribution >= 0.6 is 0 Å². The van der Waals surface area contributed by atoms with Crippen LogP contribution in [0.1, 0.15) is 34.6 Å². The summed E-state index contributed by atoms with van der Waals surface area (Å²) in [6, 6.07) is 0. The van der Waals surface area contributed by atoms with E-state index in [9.17, 15) is 9.59 Å². The van der Waals surface area contributed by atoms with Crippen LogP contribution in [0.5, 0.6) is 0 Å². The first-order chi connectivity index (χ1) is 8.71. The average molecular weight is 272 g/mol. The molecule has 6 heteroatoms. The molecule has 5 atom stereocenters. The smallest absolute Gasteiger partial charge is 0.303 e. The lowest BCUT2D eigenvalue weighted by Crippen LogP contribution is -2.40. The molecule has 2 rings (SSSR count). The number of esters is 2. The molecule has 1 saturated carbocycles. The zero-order chi connectivity index (χ0) is 14.4. The van der Waals surface area contributed by atoms with Crippen LogP contribution in [0.4, 0.5) is 0 Å². The zero-order valence-electron chi connectivity index (χ0n) is 11.8. The van der Waals surface area contributed by atoms with E-state index >= 15 is 0 Å². The molecule has 2 aliphatic rings. The van der Waals surface area contributed by atoms with E-state index in [4.69, 9.17) is 18.9 Å². The van der Waals surface area contributed by atoms with Crippen LogP contribution in [0, 0.1) is 5.92 Å². The van der Waals surface area contributed by atoms with Gasteiger partial charge in [0.1, 0.15) is 12.2 Å². The predicted octanol–water partition coefficient (Wildman–Crippen LogP) is 1.02. The van der Waals surface area contributed by atoms with Crippen molar-refractivity contribution in [3.63, 3.8) is 0 Å². The minimum Gasteiger partial charge on any atom is -0.458 e. The van der Waals surface area contributed by atoms with Gasteiger partial charge in [0.2, 0.25) is 0 Å². The Bertz CT molecular complexity index is 391. The van der Waals surface area contributed by atoms with Gasteiger partial charge in [-0.05, 0) is 13.8 Å². The van der Waals surface area contributed by atoms with Crippen molar-refractivity contribution < 1.29 is 28.5 Å². The Balaban J connectivity index is 2.22. The number of hydrogen-bond donors (Lipinski definition) is 0. The molecule has 1 heterocycles. The van der Waals surface area contributed by atoms with E-state index in [1.54, 1.807) is 0 Å². The van der Waals surface area contributed by atoms with E-state index in [1.165, 1.54) is 13.8 Å². The summed E-state index contributed by atoms with van der Waals surface area (Å²) in [5, 5.41) is 0. The summed E-state index contributed by atoms with van der Waals surface area (Å²) in [4.78, 5) is 22.4. The fourth-order valence-corrected chi connectivity index (χ4v) is 2.84. The second kappa shape index (κ2) is 4.76. The molecule has 1 saturated heterocycles. The van der Waals surface area contributed by atoms with Gasteiger partial charge in [-0.2, -0.15) is 0 Å². The summed E-state index contributed by atoms with van der Waals surface area (Å²) in [5.74, 6) is -1.65. The van der Waals surface area contributed by atoms with Crippen molar-refractivity contribution in [1.29, 1.82) is 0 Å². The van der Waals surface area contributed by atoms with E-state index in [0.717, 1.165) is 0 Å². The third-order valence-electron chi connectivity index (χ3n) is 3.45.